The highest BCUT2D eigenvalue weighted by Gasteiger charge is 1.97. The molecule has 3 N–H and O–H groups in total. The van der Waals surface area contributed by atoms with Crippen LogP contribution in [-0.4, -0.2) is 5.11 Å². The first-order valence-corrected chi connectivity index (χ1v) is 3.24. The lowest BCUT2D eigenvalue weighted by molar-refractivity contribution is 0.477. The SMILES string of the molecule is Cl.Nc1c(O)cccc1Br. The maximum absolute atomic E-state index is 8.95. The van der Waals surface area contributed by atoms with Crippen molar-refractivity contribution in [2.45, 2.75) is 0 Å². The highest BCUT2D eigenvalue weighted by Crippen LogP contribution is 2.27. The van der Waals surface area contributed by atoms with Gasteiger partial charge in [0.25, 0.3) is 0 Å². The van der Waals surface area contributed by atoms with E-state index >= 15 is 0 Å². The third kappa shape index (κ3) is 1.78. The van der Waals surface area contributed by atoms with Crippen LogP contribution in [0.4, 0.5) is 5.69 Å². The Morgan fingerprint density at radius 3 is 2.40 bits per heavy atom. The van der Waals surface area contributed by atoms with Gasteiger partial charge in [-0.1, -0.05) is 6.07 Å². The number of anilines is 1. The molecule has 0 fully saturated rings. The van der Waals surface area contributed by atoms with Crippen molar-refractivity contribution in [2.75, 3.05) is 5.73 Å². The Balaban J connectivity index is 0.000000810. The Morgan fingerprint density at radius 1 is 1.40 bits per heavy atom. The van der Waals surface area contributed by atoms with E-state index in [-0.39, 0.29) is 18.2 Å². The molecule has 0 heterocycles. The molecular weight excluding hydrogens is 217 g/mol. The van der Waals surface area contributed by atoms with Crippen LogP contribution in [0.1, 0.15) is 0 Å². The summed E-state index contributed by atoms with van der Waals surface area (Å²) < 4.78 is 0.725. The predicted molar refractivity (Wildman–Crippen MR) is 47.5 cm³/mol. The molecule has 1 aromatic rings. The van der Waals surface area contributed by atoms with Crippen LogP contribution in [0, 0.1) is 0 Å². The zero-order valence-corrected chi connectivity index (χ0v) is 7.45. The number of para-hydroxylation sites is 1. The lowest BCUT2D eigenvalue weighted by Gasteiger charge is -1.97. The molecule has 0 radical (unpaired) electrons. The fraction of sp³-hybridized carbons (Fsp3) is 0. The fourth-order valence-corrected chi connectivity index (χ4v) is 0.881. The highest BCUT2D eigenvalue weighted by molar-refractivity contribution is 9.10. The highest BCUT2D eigenvalue weighted by atomic mass is 79.9. The van der Waals surface area contributed by atoms with Gasteiger partial charge in [0.1, 0.15) is 5.75 Å². The quantitative estimate of drug-likeness (QED) is 0.524. The van der Waals surface area contributed by atoms with Gasteiger partial charge >= 0.3 is 0 Å². The van der Waals surface area contributed by atoms with Gasteiger partial charge in [-0.2, -0.15) is 0 Å². The molecule has 2 nitrogen and oxygen atoms in total. The topological polar surface area (TPSA) is 46.2 Å². The van der Waals surface area contributed by atoms with E-state index in [1.165, 1.54) is 0 Å². The Hall–Kier alpha value is -0.410. The number of phenols is 1. The molecular formula is C6H7BrClNO. The zero-order chi connectivity index (χ0) is 6.85. The summed E-state index contributed by atoms with van der Waals surface area (Å²) in [6.45, 7) is 0. The molecule has 1 rings (SSSR count). The van der Waals surface area contributed by atoms with E-state index in [9.17, 15) is 0 Å². The molecule has 0 unspecified atom stereocenters. The van der Waals surface area contributed by atoms with Crippen molar-refractivity contribution < 1.29 is 5.11 Å². The maximum atomic E-state index is 8.95. The molecule has 4 heteroatoms. The molecule has 0 bridgehead atoms. The van der Waals surface area contributed by atoms with Crippen LogP contribution in [-0.2, 0) is 0 Å². The minimum atomic E-state index is 0. The number of benzene rings is 1. The fourth-order valence-electron chi connectivity index (χ4n) is 0.526. The Labute approximate surface area is 73.6 Å². The van der Waals surface area contributed by atoms with Crippen LogP contribution in [0.15, 0.2) is 22.7 Å². The van der Waals surface area contributed by atoms with E-state index in [2.05, 4.69) is 15.9 Å². The Bertz CT molecular complexity index is 209. The van der Waals surface area contributed by atoms with Crippen molar-refractivity contribution in [1.29, 1.82) is 0 Å². The second-order valence-electron chi connectivity index (χ2n) is 1.67. The summed E-state index contributed by atoms with van der Waals surface area (Å²) in [6.07, 6.45) is 0. The lowest BCUT2D eigenvalue weighted by Crippen LogP contribution is -1.85. The maximum Gasteiger partial charge on any atom is 0.139 e. The molecule has 56 valence electrons. The van der Waals surface area contributed by atoms with E-state index in [0.29, 0.717) is 5.69 Å². The van der Waals surface area contributed by atoms with Gasteiger partial charge in [0, 0.05) is 4.47 Å². The standard InChI is InChI=1S/C6H6BrNO.ClH/c7-4-2-1-3-5(9)6(4)8;/h1-3,9H,8H2;1H. The molecule has 10 heavy (non-hydrogen) atoms. The van der Waals surface area contributed by atoms with Crippen molar-refractivity contribution in [3.63, 3.8) is 0 Å². The minimum Gasteiger partial charge on any atom is -0.506 e. The van der Waals surface area contributed by atoms with Gasteiger partial charge in [0.15, 0.2) is 0 Å². The molecule has 0 aliphatic heterocycles. The summed E-state index contributed by atoms with van der Waals surface area (Å²) in [5, 5.41) is 8.95. The summed E-state index contributed by atoms with van der Waals surface area (Å²) in [7, 11) is 0. The number of nitrogens with two attached hydrogens (primary N) is 1. The van der Waals surface area contributed by atoms with Crippen LogP contribution >= 0.6 is 28.3 Å². The molecule has 0 aliphatic carbocycles. The minimum absolute atomic E-state index is 0. The second-order valence-corrected chi connectivity index (χ2v) is 2.53. The summed E-state index contributed by atoms with van der Waals surface area (Å²) in [5.41, 5.74) is 5.77. The number of phenolic OH excluding ortho intramolecular Hbond substituents is 1. The van der Waals surface area contributed by atoms with E-state index in [1.54, 1.807) is 18.2 Å². The summed E-state index contributed by atoms with van der Waals surface area (Å²) in [4.78, 5) is 0. The van der Waals surface area contributed by atoms with Crippen molar-refractivity contribution in [3.05, 3.63) is 22.7 Å². The van der Waals surface area contributed by atoms with Gasteiger partial charge in [-0.15, -0.1) is 12.4 Å². The van der Waals surface area contributed by atoms with Crippen LogP contribution in [0.3, 0.4) is 0 Å². The van der Waals surface area contributed by atoms with E-state index < -0.39 is 0 Å². The molecule has 0 amide bonds. The van der Waals surface area contributed by atoms with E-state index in [1.807, 2.05) is 0 Å². The van der Waals surface area contributed by atoms with Crippen LogP contribution in [0.5, 0.6) is 5.75 Å². The predicted octanol–water partition coefficient (Wildman–Crippen LogP) is 2.16. The van der Waals surface area contributed by atoms with Crippen molar-refractivity contribution in [1.82, 2.24) is 0 Å². The number of halogens is 2. The average Bonchev–Trinajstić information content (AvgIpc) is 1.83. The smallest absolute Gasteiger partial charge is 0.139 e. The number of nitrogen functional groups attached to an aromatic ring is 1. The van der Waals surface area contributed by atoms with E-state index in [4.69, 9.17) is 10.8 Å². The molecule has 0 atom stereocenters. The largest absolute Gasteiger partial charge is 0.506 e. The number of hydrogen-bond donors (Lipinski definition) is 2. The number of hydrogen-bond acceptors (Lipinski definition) is 2. The summed E-state index contributed by atoms with van der Waals surface area (Å²) >= 11 is 3.16. The van der Waals surface area contributed by atoms with Crippen LogP contribution in [0.25, 0.3) is 0 Å². The second kappa shape index (κ2) is 3.68. The van der Waals surface area contributed by atoms with Gasteiger partial charge in [-0.3, -0.25) is 0 Å². The van der Waals surface area contributed by atoms with Crippen LogP contribution in [0.2, 0.25) is 0 Å². The molecule has 0 aromatic heterocycles. The summed E-state index contributed by atoms with van der Waals surface area (Å²) in [6, 6.07) is 5.03. The van der Waals surface area contributed by atoms with Crippen molar-refractivity contribution in [3.8, 4) is 5.75 Å². The molecule has 0 saturated heterocycles. The molecule has 0 saturated carbocycles. The first-order valence-electron chi connectivity index (χ1n) is 2.45. The third-order valence-electron chi connectivity index (χ3n) is 1.03. The lowest BCUT2D eigenvalue weighted by atomic mass is 10.3. The Kier molecular flexibility index (Phi) is 3.53. The van der Waals surface area contributed by atoms with Gasteiger partial charge < -0.3 is 10.8 Å². The molecule has 0 spiro atoms. The van der Waals surface area contributed by atoms with Gasteiger partial charge in [-0.25, -0.2) is 0 Å². The van der Waals surface area contributed by atoms with Gasteiger partial charge in [-0.05, 0) is 28.1 Å². The normalized spacial score (nSPS) is 8.50. The monoisotopic (exact) mass is 223 g/mol. The molecule has 1 aromatic carbocycles. The first kappa shape index (κ1) is 9.59. The summed E-state index contributed by atoms with van der Waals surface area (Å²) in [5.74, 6) is 0.115. The van der Waals surface area contributed by atoms with Gasteiger partial charge in [0.2, 0.25) is 0 Å². The number of rotatable bonds is 0. The zero-order valence-electron chi connectivity index (χ0n) is 5.04. The van der Waals surface area contributed by atoms with E-state index in [0.717, 1.165) is 4.47 Å². The number of aromatic hydroxyl groups is 1. The van der Waals surface area contributed by atoms with Crippen LogP contribution < -0.4 is 5.73 Å². The third-order valence-corrected chi connectivity index (χ3v) is 1.72. The van der Waals surface area contributed by atoms with Gasteiger partial charge in [0.05, 0.1) is 5.69 Å². The van der Waals surface area contributed by atoms with Crippen molar-refractivity contribution >= 4 is 34.0 Å². The average molecular weight is 224 g/mol. The van der Waals surface area contributed by atoms with Crippen molar-refractivity contribution in [2.24, 2.45) is 0 Å². The molecule has 0 aliphatic rings. The Morgan fingerprint density at radius 2 is 2.00 bits per heavy atom. The first-order chi connectivity index (χ1) is 4.22.